The van der Waals surface area contributed by atoms with Crippen molar-refractivity contribution in [1.82, 2.24) is 4.90 Å². The smallest absolute Gasteiger partial charge is 0.230 e. The number of likely N-dealkylation sites (tertiary alicyclic amines) is 1. The number of ether oxygens (including phenoxy) is 2. The number of hydrogen-bond donors (Lipinski definition) is 0. The molecular formula is C21H25NO4. The molecule has 1 amide bonds. The third-order valence-corrected chi connectivity index (χ3v) is 5.41. The van der Waals surface area contributed by atoms with E-state index in [0.29, 0.717) is 32.7 Å². The maximum atomic E-state index is 13.3. The molecule has 1 aromatic heterocycles. The average Bonchev–Trinajstić information content (AvgIpc) is 3.33. The Morgan fingerprint density at radius 3 is 2.42 bits per heavy atom. The summed E-state index contributed by atoms with van der Waals surface area (Å²) in [6.07, 6.45) is 3.70. The van der Waals surface area contributed by atoms with Gasteiger partial charge >= 0.3 is 0 Å². The molecule has 2 fully saturated rings. The van der Waals surface area contributed by atoms with Gasteiger partial charge in [-0.15, -0.1) is 0 Å². The summed E-state index contributed by atoms with van der Waals surface area (Å²) in [6, 6.07) is 12.0. The van der Waals surface area contributed by atoms with E-state index in [-0.39, 0.29) is 11.8 Å². The largest absolute Gasteiger partial charge is 0.469 e. The lowest BCUT2D eigenvalue weighted by molar-refractivity contribution is -0.187. The van der Waals surface area contributed by atoms with Crippen LogP contribution in [-0.2, 0) is 20.7 Å². The summed E-state index contributed by atoms with van der Waals surface area (Å²) in [5, 5.41) is 0. The standard InChI is InChI=1S/C21H25NO4/c1-16-4-6-17(7-5-16)19(15-18-3-2-12-24-18)20(23)22-10-8-21(9-11-22)25-13-14-26-21/h2-7,12,19H,8-11,13-15H2,1H3. The second-order valence-corrected chi connectivity index (χ2v) is 7.18. The molecule has 26 heavy (non-hydrogen) atoms. The van der Waals surface area contributed by atoms with Crippen molar-refractivity contribution in [3.8, 4) is 0 Å². The lowest BCUT2D eigenvalue weighted by Gasteiger charge is -2.38. The van der Waals surface area contributed by atoms with Gasteiger partial charge in [0.05, 0.1) is 25.4 Å². The fourth-order valence-electron chi connectivity index (χ4n) is 3.85. The lowest BCUT2D eigenvalue weighted by Crippen LogP contribution is -2.48. The second-order valence-electron chi connectivity index (χ2n) is 7.18. The van der Waals surface area contributed by atoms with E-state index in [1.807, 2.05) is 17.0 Å². The summed E-state index contributed by atoms with van der Waals surface area (Å²) < 4.78 is 17.1. The van der Waals surface area contributed by atoms with E-state index in [0.717, 1.165) is 24.2 Å². The van der Waals surface area contributed by atoms with Gasteiger partial charge in [0.25, 0.3) is 0 Å². The van der Waals surface area contributed by atoms with Crippen LogP contribution in [0.1, 0.15) is 35.6 Å². The predicted molar refractivity (Wildman–Crippen MR) is 96.8 cm³/mol. The van der Waals surface area contributed by atoms with Crippen molar-refractivity contribution in [2.75, 3.05) is 26.3 Å². The molecule has 1 aromatic carbocycles. The fraction of sp³-hybridized carbons (Fsp3) is 0.476. The molecule has 1 atom stereocenters. The topological polar surface area (TPSA) is 51.9 Å². The first-order valence-corrected chi connectivity index (χ1v) is 9.31. The van der Waals surface area contributed by atoms with Crippen molar-refractivity contribution >= 4 is 5.91 Å². The Morgan fingerprint density at radius 1 is 1.12 bits per heavy atom. The Morgan fingerprint density at radius 2 is 1.81 bits per heavy atom. The molecule has 1 spiro atoms. The molecule has 2 aliphatic rings. The van der Waals surface area contributed by atoms with Gasteiger partial charge < -0.3 is 18.8 Å². The Labute approximate surface area is 153 Å². The quantitative estimate of drug-likeness (QED) is 0.845. The first kappa shape index (κ1) is 17.3. The Hall–Kier alpha value is -2.11. The minimum atomic E-state index is -0.461. The molecular weight excluding hydrogens is 330 g/mol. The number of nitrogens with zero attached hydrogens (tertiary/aromatic N) is 1. The second kappa shape index (κ2) is 7.25. The number of amides is 1. The highest BCUT2D eigenvalue weighted by Gasteiger charge is 2.41. The van der Waals surface area contributed by atoms with Crippen molar-refractivity contribution in [2.45, 2.75) is 37.9 Å². The molecule has 0 radical (unpaired) electrons. The van der Waals surface area contributed by atoms with Gasteiger partial charge in [-0.3, -0.25) is 4.79 Å². The van der Waals surface area contributed by atoms with Crippen molar-refractivity contribution in [1.29, 1.82) is 0 Å². The van der Waals surface area contributed by atoms with Crippen LogP contribution < -0.4 is 0 Å². The number of carbonyl (C=O) groups is 1. The molecule has 2 saturated heterocycles. The highest BCUT2D eigenvalue weighted by atomic mass is 16.7. The van der Waals surface area contributed by atoms with Gasteiger partial charge in [-0.2, -0.15) is 0 Å². The summed E-state index contributed by atoms with van der Waals surface area (Å²) in [7, 11) is 0. The molecule has 0 N–H and O–H groups in total. The van der Waals surface area contributed by atoms with E-state index in [1.54, 1.807) is 6.26 Å². The molecule has 5 nitrogen and oxygen atoms in total. The van der Waals surface area contributed by atoms with Crippen molar-refractivity contribution in [3.63, 3.8) is 0 Å². The number of furan rings is 1. The van der Waals surface area contributed by atoms with Gasteiger partial charge in [0.1, 0.15) is 5.76 Å². The Bertz CT molecular complexity index is 722. The zero-order valence-corrected chi connectivity index (χ0v) is 15.1. The minimum Gasteiger partial charge on any atom is -0.469 e. The average molecular weight is 355 g/mol. The van der Waals surface area contributed by atoms with Gasteiger partial charge in [0.2, 0.25) is 5.91 Å². The highest BCUT2D eigenvalue weighted by Crippen LogP contribution is 2.33. The molecule has 5 heteroatoms. The summed E-state index contributed by atoms with van der Waals surface area (Å²) in [5.74, 6) is 0.288. The van der Waals surface area contributed by atoms with Crippen LogP contribution in [0.15, 0.2) is 47.1 Å². The van der Waals surface area contributed by atoms with E-state index >= 15 is 0 Å². The number of carbonyl (C=O) groups excluding carboxylic acids is 1. The first-order valence-electron chi connectivity index (χ1n) is 9.31. The van der Waals surface area contributed by atoms with Crippen LogP contribution in [0.5, 0.6) is 0 Å². The number of rotatable bonds is 4. The van der Waals surface area contributed by atoms with E-state index in [9.17, 15) is 4.79 Å². The number of aryl methyl sites for hydroxylation is 1. The van der Waals surface area contributed by atoms with Gasteiger partial charge in [0.15, 0.2) is 5.79 Å². The number of benzene rings is 1. The zero-order valence-electron chi connectivity index (χ0n) is 15.1. The molecule has 0 bridgehead atoms. The van der Waals surface area contributed by atoms with E-state index in [4.69, 9.17) is 13.9 Å². The molecule has 1 unspecified atom stereocenters. The molecule has 2 aromatic rings. The third-order valence-electron chi connectivity index (χ3n) is 5.41. The van der Waals surface area contributed by atoms with Gasteiger partial charge in [0, 0.05) is 32.4 Å². The van der Waals surface area contributed by atoms with Crippen LogP contribution in [0.4, 0.5) is 0 Å². The molecule has 0 saturated carbocycles. The van der Waals surface area contributed by atoms with Crippen LogP contribution in [0.25, 0.3) is 0 Å². The van der Waals surface area contributed by atoms with Crippen molar-refractivity contribution in [3.05, 3.63) is 59.5 Å². The summed E-state index contributed by atoms with van der Waals surface area (Å²) in [5.41, 5.74) is 2.22. The Balaban J connectivity index is 1.51. The van der Waals surface area contributed by atoms with Crippen molar-refractivity contribution < 1.29 is 18.7 Å². The summed E-state index contributed by atoms with van der Waals surface area (Å²) in [6.45, 7) is 4.69. The van der Waals surface area contributed by atoms with E-state index < -0.39 is 5.79 Å². The van der Waals surface area contributed by atoms with Crippen LogP contribution in [-0.4, -0.2) is 42.9 Å². The monoisotopic (exact) mass is 355 g/mol. The van der Waals surface area contributed by atoms with Gasteiger partial charge in [-0.25, -0.2) is 0 Å². The van der Waals surface area contributed by atoms with Crippen molar-refractivity contribution in [2.24, 2.45) is 0 Å². The molecule has 2 aliphatic heterocycles. The SMILES string of the molecule is Cc1ccc(C(Cc2ccco2)C(=O)N2CCC3(CC2)OCCO3)cc1. The van der Waals surface area contributed by atoms with E-state index in [2.05, 4.69) is 31.2 Å². The minimum absolute atomic E-state index is 0.151. The Kier molecular flexibility index (Phi) is 4.83. The molecule has 138 valence electrons. The van der Waals surface area contributed by atoms with Gasteiger partial charge in [-0.05, 0) is 24.6 Å². The zero-order chi connectivity index (χ0) is 18.0. The summed E-state index contributed by atoms with van der Waals surface area (Å²) in [4.78, 5) is 15.3. The maximum Gasteiger partial charge on any atom is 0.230 e. The first-order chi connectivity index (χ1) is 12.7. The predicted octanol–water partition coefficient (Wildman–Crippen LogP) is 3.28. The highest BCUT2D eigenvalue weighted by molar-refractivity contribution is 5.84. The summed E-state index contributed by atoms with van der Waals surface area (Å²) >= 11 is 0. The lowest BCUT2D eigenvalue weighted by atomic mass is 9.91. The van der Waals surface area contributed by atoms with Crippen LogP contribution in [0.2, 0.25) is 0 Å². The fourth-order valence-corrected chi connectivity index (χ4v) is 3.85. The van der Waals surface area contributed by atoms with E-state index in [1.165, 1.54) is 5.56 Å². The molecule has 3 heterocycles. The third kappa shape index (κ3) is 3.55. The van der Waals surface area contributed by atoms with Crippen LogP contribution in [0.3, 0.4) is 0 Å². The normalized spacial score (nSPS) is 20.4. The molecule has 4 rings (SSSR count). The van der Waals surface area contributed by atoms with Gasteiger partial charge in [-0.1, -0.05) is 29.8 Å². The van der Waals surface area contributed by atoms with Crippen LogP contribution >= 0.6 is 0 Å². The van der Waals surface area contributed by atoms with Crippen LogP contribution in [0, 0.1) is 6.92 Å². The molecule has 0 aliphatic carbocycles. The maximum absolute atomic E-state index is 13.3. The number of piperidine rings is 1. The number of hydrogen-bond acceptors (Lipinski definition) is 4.